The second kappa shape index (κ2) is 17.1. The standard InChI is InChI=1S/C39H64O6/c1-27(2)18-15-19-28(3)20-16-21-29(4)22-17-25-38(8)39(26-33-32(7)36(42)30(5)31(6)37(33)45-38)43-34(40)23-13-11-9-10-12-14-24-35(41)44-39/h27-29,42H,9-26H2,1-8H3/t28-,29+,38-/m0/s1. The van der Waals surface area contributed by atoms with Crippen LogP contribution in [0.4, 0.5) is 0 Å². The van der Waals surface area contributed by atoms with Crippen molar-refractivity contribution in [2.75, 3.05) is 0 Å². The first-order valence-electron chi connectivity index (χ1n) is 18.2. The summed E-state index contributed by atoms with van der Waals surface area (Å²) >= 11 is 0. The van der Waals surface area contributed by atoms with Crippen LogP contribution in [0.5, 0.6) is 11.5 Å². The fourth-order valence-electron chi connectivity index (χ4n) is 7.27. The zero-order chi connectivity index (χ0) is 33.2. The van der Waals surface area contributed by atoms with Gasteiger partial charge in [-0.3, -0.25) is 9.59 Å². The van der Waals surface area contributed by atoms with Gasteiger partial charge in [0.2, 0.25) is 0 Å². The molecule has 6 nitrogen and oxygen atoms in total. The van der Waals surface area contributed by atoms with E-state index in [0.717, 1.165) is 79.9 Å². The van der Waals surface area contributed by atoms with Crippen molar-refractivity contribution in [2.24, 2.45) is 17.8 Å². The number of benzene rings is 1. The molecule has 0 aromatic heterocycles. The Labute approximate surface area is 274 Å². The fourth-order valence-corrected chi connectivity index (χ4v) is 7.27. The lowest BCUT2D eigenvalue weighted by molar-refractivity contribution is -0.290. The summed E-state index contributed by atoms with van der Waals surface area (Å²) in [6.45, 7) is 17.0. The molecule has 1 N–H and O–H groups in total. The molecule has 2 heterocycles. The minimum Gasteiger partial charge on any atom is -0.507 e. The highest BCUT2D eigenvalue weighted by Crippen LogP contribution is 2.50. The molecule has 256 valence electrons. The molecule has 0 radical (unpaired) electrons. The summed E-state index contributed by atoms with van der Waals surface area (Å²) in [5, 5.41) is 10.9. The molecular weight excluding hydrogens is 564 g/mol. The number of ether oxygens (including phenoxy) is 3. The predicted octanol–water partition coefficient (Wildman–Crippen LogP) is 10.4. The Bertz CT molecular complexity index is 1100. The van der Waals surface area contributed by atoms with Crippen LogP contribution in [0.15, 0.2) is 0 Å². The van der Waals surface area contributed by atoms with E-state index in [1.165, 1.54) is 38.5 Å². The Balaban J connectivity index is 1.81. The van der Waals surface area contributed by atoms with Gasteiger partial charge in [0.15, 0.2) is 5.60 Å². The third kappa shape index (κ3) is 10.1. The molecule has 1 aromatic carbocycles. The molecule has 1 spiro atoms. The number of phenolic OH excluding ortho intramolecular Hbond substituents is 1. The first-order valence-corrected chi connectivity index (χ1v) is 18.2. The lowest BCUT2D eigenvalue weighted by Gasteiger charge is -2.50. The van der Waals surface area contributed by atoms with E-state index >= 15 is 0 Å². The molecule has 0 bridgehead atoms. The van der Waals surface area contributed by atoms with Crippen molar-refractivity contribution in [3.63, 3.8) is 0 Å². The van der Waals surface area contributed by atoms with Crippen LogP contribution in [-0.2, 0) is 25.5 Å². The zero-order valence-electron chi connectivity index (χ0n) is 29.9. The van der Waals surface area contributed by atoms with Gasteiger partial charge in [-0.15, -0.1) is 0 Å². The highest BCUT2D eigenvalue weighted by molar-refractivity contribution is 5.73. The SMILES string of the molecule is Cc1c(C)c2c(c(C)c1O)CC1(OC(=O)CCCCCCCCC(=O)O1)[C@](C)(CCC[C@H](C)CCC[C@@H](C)CCCC(C)C)O2. The number of esters is 2. The number of fused-ring (bicyclic) bond motifs is 1. The van der Waals surface area contributed by atoms with Crippen LogP contribution in [0.25, 0.3) is 0 Å². The molecule has 0 aliphatic carbocycles. The van der Waals surface area contributed by atoms with E-state index in [2.05, 4.69) is 27.7 Å². The number of phenols is 1. The number of aromatic hydroxyl groups is 1. The third-order valence-electron chi connectivity index (χ3n) is 10.7. The Morgan fingerprint density at radius 2 is 1.16 bits per heavy atom. The third-order valence-corrected chi connectivity index (χ3v) is 10.7. The van der Waals surface area contributed by atoms with Crippen LogP contribution in [0, 0.1) is 38.5 Å². The second-order valence-corrected chi connectivity index (χ2v) is 15.2. The molecule has 0 amide bonds. The Morgan fingerprint density at radius 3 is 1.69 bits per heavy atom. The molecule has 0 unspecified atom stereocenters. The largest absolute Gasteiger partial charge is 0.507 e. The lowest BCUT2D eigenvalue weighted by atomic mass is 9.78. The van der Waals surface area contributed by atoms with Crippen LogP contribution in [0.1, 0.15) is 166 Å². The van der Waals surface area contributed by atoms with Crippen molar-refractivity contribution < 1.29 is 28.9 Å². The van der Waals surface area contributed by atoms with Gasteiger partial charge >= 0.3 is 11.9 Å². The summed E-state index contributed by atoms with van der Waals surface area (Å²) in [4.78, 5) is 26.7. The summed E-state index contributed by atoms with van der Waals surface area (Å²) in [6.07, 6.45) is 16.4. The fraction of sp³-hybridized carbons (Fsp3) is 0.795. The number of carbonyl (C=O) groups excluding carboxylic acids is 2. The van der Waals surface area contributed by atoms with Gasteiger partial charge in [-0.25, -0.2) is 0 Å². The van der Waals surface area contributed by atoms with Crippen molar-refractivity contribution in [1.82, 2.24) is 0 Å². The maximum Gasteiger partial charge on any atom is 0.309 e. The van der Waals surface area contributed by atoms with E-state index in [9.17, 15) is 14.7 Å². The summed E-state index contributed by atoms with van der Waals surface area (Å²) in [5.41, 5.74) is 2.00. The number of carbonyl (C=O) groups is 2. The molecule has 0 saturated carbocycles. The van der Waals surface area contributed by atoms with Crippen LogP contribution in [-0.4, -0.2) is 28.4 Å². The summed E-state index contributed by atoms with van der Waals surface area (Å²) in [6, 6.07) is 0. The first-order chi connectivity index (χ1) is 21.3. The van der Waals surface area contributed by atoms with Crippen molar-refractivity contribution in [2.45, 2.75) is 182 Å². The lowest BCUT2D eigenvalue weighted by Crippen LogP contribution is -2.64. The maximum absolute atomic E-state index is 13.4. The average molecular weight is 629 g/mol. The Morgan fingerprint density at radius 1 is 0.667 bits per heavy atom. The van der Waals surface area contributed by atoms with Crippen LogP contribution < -0.4 is 4.74 Å². The number of hydrogen-bond donors (Lipinski definition) is 1. The quantitative estimate of drug-likeness (QED) is 0.232. The highest BCUT2D eigenvalue weighted by atomic mass is 16.8. The molecule has 3 atom stereocenters. The van der Waals surface area contributed by atoms with Gasteiger partial charge in [0.05, 0.1) is 6.42 Å². The Hall–Kier alpha value is -2.24. The summed E-state index contributed by atoms with van der Waals surface area (Å²) in [7, 11) is 0. The Kier molecular flexibility index (Phi) is 14.1. The van der Waals surface area contributed by atoms with Gasteiger partial charge in [-0.1, -0.05) is 98.3 Å². The van der Waals surface area contributed by atoms with Gasteiger partial charge in [-0.05, 0) is 87.8 Å². The van der Waals surface area contributed by atoms with Gasteiger partial charge < -0.3 is 19.3 Å². The molecule has 1 saturated heterocycles. The van der Waals surface area contributed by atoms with Crippen molar-refractivity contribution in [3.05, 3.63) is 22.3 Å². The van der Waals surface area contributed by atoms with E-state index < -0.39 is 11.4 Å². The molecule has 6 heteroatoms. The van der Waals surface area contributed by atoms with Crippen molar-refractivity contribution in [3.8, 4) is 11.5 Å². The molecule has 3 rings (SSSR count). The van der Waals surface area contributed by atoms with Crippen LogP contribution in [0.2, 0.25) is 0 Å². The summed E-state index contributed by atoms with van der Waals surface area (Å²) in [5.74, 6) is 0.723. The minimum atomic E-state index is -1.60. The van der Waals surface area contributed by atoms with Gasteiger partial charge in [-0.2, -0.15) is 0 Å². The van der Waals surface area contributed by atoms with E-state index in [4.69, 9.17) is 14.2 Å². The van der Waals surface area contributed by atoms with Gasteiger partial charge in [0, 0.05) is 18.4 Å². The van der Waals surface area contributed by atoms with E-state index in [-0.39, 0.29) is 37.0 Å². The van der Waals surface area contributed by atoms with Crippen LogP contribution >= 0.6 is 0 Å². The molecule has 2 aliphatic rings. The highest BCUT2D eigenvalue weighted by Gasteiger charge is 2.60. The van der Waals surface area contributed by atoms with Crippen molar-refractivity contribution in [1.29, 1.82) is 0 Å². The minimum absolute atomic E-state index is 0.168. The van der Waals surface area contributed by atoms with Crippen LogP contribution in [0.3, 0.4) is 0 Å². The van der Waals surface area contributed by atoms with E-state index in [0.29, 0.717) is 23.7 Å². The van der Waals surface area contributed by atoms with Gasteiger partial charge in [0.1, 0.15) is 11.5 Å². The van der Waals surface area contributed by atoms with Crippen molar-refractivity contribution >= 4 is 11.9 Å². The molecular formula is C39H64O6. The topological polar surface area (TPSA) is 82.1 Å². The average Bonchev–Trinajstić information content (AvgIpc) is 2.98. The number of rotatable bonds is 12. The smallest absolute Gasteiger partial charge is 0.309 e. The molecule has 2 aliphatic heterocycles. The van der Waals surface area contributed by atoms with E-state index in [1.54, 1.807) is 0 Å². The molecule has 1 fully saturated rings. The molecule has 1 aromatic rings. The van der Waals surface area contributed by atoms with Gasteiger partial charge in [0.25, 0.3) is 5.79 Å². The monoisotopic (exact) mass is 628 g/mol. The first kappa shape index (κ1) is 37.2. The van der Waals surface area contributed by atoms with E-state index in [1.807, 2.05) is 27.7 Å². The zero-order valence-corrected chi connectivity index (χ0v) is 29.9. The number of hydrogen-bond acceptors (Lipinski definition) is 6. The maximum atomic E-state index is 13.4. The molecule has 45 heavy (non-hydrogen) atoms. The second-order valence-electron chi connectivity index (χ2n) is 15.2. The predicted molar refractivity (Wildman–Crippen MR) is 182 cm³/mol. The summed E-state index contributed by atoms with van der Waals surface area (Å²) < 4.78 is 19.5. The normalized spacial score (nSPS) is 22.3.